The summed E-state index contributed by atoms with van der Waals surface area (Å²) in [5.41, 5.74) is 1.69. The van der Waals surface area contributed by atoms with Gasteiger partial charge in [-0.05, 0) is 33.5 Å². The fraction of sp³-hybridized carbons (Fsp3) is 0.400. The zero-order valence-electron chi connectivity index (χ0n) is 7.66. The summed E-state index contributed by atoms with van der Waals surface area (Å²) >= 11 is 6.49. The maximum atomic E-state index is 12.7. The lowest BCUT2D eigenvalue weighted by molar-refractivity contribution is 0.149. The Morgan fingerprint density at radius 2 is 1.86 bits per heavy atom. The predicted molar refractivity (Wildman–Crippen MR) is 61.1 cm³/mol. The van der Waals surface area contributed by atoms with Gasteiger partial charge in [0.05, 0.1) is 0 Å². The molecule has 0 fully saturated rings. The summed E-state index contributed by atoms with van der Waals surface area (Å²) < 4.78 is 26.0. The zero-order chi connectivity index (χ0) is 10.7. The average Bonchev–Trinajstić information content (AvgIpc) is 2.16. The van der Waals surface area contributed by atoms with Gasteiger partial charge in [0.15, 0.2) is 0 Å². The lowest BCUT2D eigenvalue weighted by Crippen LogP contribution is -1.97. The van der Waals surface area contributed by atoms with Crippen molar-refractivity contribution in [3.63, 3.8) is 0 Å². The van der Waals surface area contributed by atoms with Crippen LogP contribution in [0.1, 0.15) is 30.0 Å². The van der Waals surface area contributed by atoms with E-state index in [4.69, 9.17) is 0 Å². The van der Waals surface area contributed by atoms with Gasteiger partial charge in [-0.25, -0.2) is 8.78 Å². The van der Waals surface area contributed by atoms with Crippen LogP contribution in [0.4, 0.5) is 8.78 Å². The van der Waals surface area contributed by atoms with Crippen molar-refractivity contribution in [2.24, 2.45) is 0 Å². The highest BCUT2D eigenvalue weighted by molar-refractivity contribution is 9.10. The molecule has 0 bridgehead atoms. The molecule has 0 saturated carbocycles. The normalized spacial score (nSPS) is 11.0. The minimum absolute atomic E-state index is 0.129. The molecule has 14 heavy (non-hydrogen) atoms. The molecule has 4 heteroatoms. The Balaban J connectivity index is 3.31. The predicted octanol–water partition coefficient (Wildman–Crippen LogP) is 4.84. The van der Waals surface area contributed by atoms with Crippen LogP contribution in [0, 0.1) is 0 Å². The first-order valence-corrected chi connectivity index (χ1v) is 6.17. The number of alkyl halides is 3. The van der Waals surface area contributed by atoms with Crippen LogP contribution in [0.25, 0.3) is 0 Å². The highest BCUT2D eigenvalue weighted by atomic mass is 79.9. The standard InChI is InChI=1S/C10H10Br2F2/c1-2-6-3-4-7(5-11)9(12)8(6)10(13)14/h3-4,10H,2,5H2,1H3. The molecule has 0 atom stereocenters. The largest absolute Gasteiger partial charge is 0.265 e. The lowest BCUT2D eigenvalue weighted by Gasteiger charge is -2.12. The van der Waals surface area contributed by atoms with Crippen molar-refractivity contribution < 1.29 is 8.78 Å². The molecular formula is C10H10Br2F2. The van der Waals surface area contributed by atoms with Gasteiger partial charge in [0.25, 0.3) is 6.43 Å². The second-order valence-corrected chi connectivity index (χ2v) is 4.25. The molecule has 0 radical (unpaired) electrons. The molecule has 0 aliphatic rings. The van der Waals surface area contributed by atoms with Gasteiger partial charge in [0.2, 0.25) is 0 Å². The molecule has 78 valence electrons. The third-order valence-electron chi connectivity index (χ3n) is 2.09. The molecule has 0 N–H and O–H groups in total. The van der Waals surface area contributed by atoms with Crippen LogP contribution in [0.15, 0.2) is 16.6 Å². The maximum Gasteiger partial charge on any atom is 0.265 e. The molecule has 0 nitrogen and oxygen atoms in total. The number of halogens is 4. The Hall–Kier alpha value is 0.0400. The van der Waals surface area contributed by atoms with Gasteiger partial charge in [0, 0.05) is 15.4 Å². The molecule has 0 unspecified atom stereocenters. The molecule has 0 aliphatic carbocycles. The van der Waals surface area contributed by atoms with Gasteiger partial charge >= 0.3 is 0 Å². The van der Waals surface area contributed by atoms with Crippen molar-refractivity contribution in [2.45, 2.75) is 25.1 Å². The zero-order valence-corrected chi connectivity index (χ0v) is 10.8. The summed E-state index contributed by atoms with van der Waals surface area (Å²) in [4.78, 5) is 0. The molecule has 0 amide bonds. The van der Waals surface area contributed by atoms with E-state index < -0.39 is 6.43 Å². The molecule has 0 heterocycles. The molecule has 1 aromatic carbocycles. The van der Waals surface area contributed by atoms with Crippen molar-refractivity contribution >= 4 is 31.9 Å². The number of aryl methyl sites for hydroxylation is 1. The smallest absolute Gasteiger partial charge is 0.205 e. The molecule has 0 spiro atoms. The minimum Gasteiger partial charge on any atom is -0.205 e. The number of rotatable bonds is 3. The Morgan fingerprint density at radius 3 is 2.29 bits per heavy atom. The van der Waals surface area contributed by atoms with E-state index in [-0.39, 0.29) is 5.56 Å². The van der Waals surface area contributed by atoms with Crippen LogP contribution in [-0.2, 0) is 11.8 Å². The molecule has 1 aromatic rings. The first-order valence-electron chi connectivity index (χ1n) is 4.26. The molecule has 1 rings (SSSR count). The maximum absolute atomic E-state index is 12.7. The highest BCUT2D eigenvalue weighted by Gasteiger charge is 2.17. The number of hydrogen-bond acceptors (Lipinski definition) is 0. The van der Waals surface area contributed by atoms with Crippen molar-refractivity contribution in [1.29, 1.82) is 0 Å². The quantitative estimate of drug-likeness (QED) is 0.696. The summed E-state index contributed by atoms with van der Waals surface area (Å²) in [6.07, 6.45) is -1.79. The van der Waals surface area contributed by atoms with E-state index >= 15 is 0 Å². The van der Waals surface area contributed by atoms with Crippen molar-refractivity contribution in [3.05, 3.63) is 33.3 Å². The third-order valence-corrected chi connectivity index (χ3v) is 3.63. The van der Waals surface area contributed by atoms with Gasteiger partial charge in [-0.2, -0.15) is 0 Å². The summed E-state index contributed by atoms with van der Waals surface area (Å²) in [6.45, 7) is 1.88. The van der Waals surface area contributed by atoms with Gasteiger partial charge in [-0.3, -0.25) is 0 Å². The van der Waals surface area contributed by atoms with E-state index in [9.17, 15) is 8.78 Å². The van der Waals surface area contributed by atoms with Gasteiger partial charge < -0.3 is 0 Å². The summed E-state index contributed by atoms with van der Waals surface area (Å²) in [7, 11) is 0. The fourth-order valence-electron chi connectivity index (χ4n) is 1.33. The minimum atomic E-state index is -2.42. The van der Waals surface area contributed by atoms with Crippen LogP contribution in [-0.4, -0.2) is 0 Å². The van der Waals surface area contributed by atoms with Crippen molar-refractivity contribution in [3.8, 4) is 0 Å². The second kappa shape index (κ2) is 5.21. The summed E-state index contributed by atoms with van der Waals surface area (Å²) in [5, 5.41) is 0.581. The number of hydrogen-bond donors (Lipinski definition) is 0. The lowest BCUT2D eigenvalue weighted by atomic mass is 10.0. The van der Waals surface area contributed by atoms with Crippen LogP contribution < -0.4 is 0 Å². The molecular weight excluding hydrogens is 318 g/mol. The van der Waals surface area contributed by atoms with Gasteiger partial charge in [-0.15, -0.1) is 0 Å². The second-order valence-electron chi connectivity index (χ2n) is 2.90. The monoisotopic (exact) mass is 326 g/mol. The van der Waals surface area contributed by atoms with Crippen LogP contribution >= 0.6 is 31.9 Å². The van der Waals surface area contributed by atoms with E-state index in [1.807, 2.05) is 13.0 Å². The Kier molecular flexibility index (Phi) is 4.51. The van der Waals surface area contributed by atoms with E-state index in [1.54, 1.807) is 6.07 Å². The van der Waals surface area contributed by atoms with E-state index in [2.05, 4.69) is 31.9 Å². The van der Waals surface area contributed by atoms with Crippen molar-refractivity contribution in [1.82, 2.24) is 0 Å². The Morgan fingerprint density at radius 1 is 1.29 bits per heavy atom. The van der Waals surface area contributed by atoms with Crippen LogP contribution in [0.2, 0.25) is 0 Å². The molecule has 0 aromatic heterocycles. The van der Waals surface area contributed by atoms with Crippen molar-refractivity contribution in [2.75, 3.05) is 0 Å². The SMILES string of the molecule is CCc1ccc(CBr)c(Br)c1C(F)F. The first-order chi connectivity index (χ1) is 6.61. The molecule has 0 aliphatic heterocycles. The summed E-state index contributed by atoms with van der Waals surface area (Å²) in [6, 6.07) is 3.63. The number of benzene rings is 1. The van der Waals surface area contributed by atoms with Crippen LogP contribution in [0.3, 0.4) is 0 Å². The first kappa shape index (κ1) is 12.1. The van der Waals surface area contributed by atoms with Gasteiger partial charge in [-0.1, -0.05) is 35.0 Å². The van der Waals surface area contributed by atoms with Gasteiger partial charge in [0.1, 0.15) is 0 Å². The van der Waals surface area contributed by atoms with Crippen LogP contribution in [0.5, 0.6) is 0 Å². The van der Waals surface area contributed by atoms with E-state index in [0.29, 0.717) is 21.8 Å². The topological polar surface area (TPSA) is 0 Å². The third kappa shape index (κ3) is 2.34. The molecule has 0 saturated heterocycles. The highest BCUT2D eigenvalue weighted by Crippen LogP contribution is 2.34. The fourth-order valence-corrected chi connectivity index (χ4v) is 2.87. The Bertz CT molecular complexity index is 324. The average molecular weight is 328 g/mol. The Labute approximate surface area is 99.0 Å². The summed E-state index contributed by atoms with van der Waals surface area (Å²) in [5.74, 6) is 0. The van der Waals surface area contributed by atoms with E-state index in [1.165, 1.54) is 0 Å². The van der Waals surface area contributed by atoms with E-state index in [0.717, 1.165) is 5.56 Å².